The van der Waals surface area contributed by atoms with Gasteiger partial charge in [0.05, 0.1) is 18.8 Å². The number of rotatable bonds is 56. The third kappa shape index (κ3) is 48.1. The zero-order valence-electron chi connectivity index (χ0n) is 44.7. The van der Waals surface area contributed by atoms with E-state index in [1.807, 2.05) is 0 Å². The van der Waals surface area contributed by atoms with Gasteiger partial charge in [-0.15, -0.1) is 0 Å². The van der Waals surface area contributed by atoms with Crippen molar-refractivity contribution in [2.24, 2.45) is 0 Å². The fraction of sp³-hybridized carbons (Fsp3) is 0.950. The second-order valence-corrected chi connectivity index (χ2v) is 21.1. The zero-order valence-corrected chi connectivity index (χ0v) is 44.7. The Morgan fingerprint density at radius 3 is 0.879 bits per heavy atom. The summed E-state index contributed by atoms with van der Waals surface area (Å²) < 4.78 is 0. The second-order valence-electron chi connectivity index (χ2n) is 21.1. The summed E-state index contributed by atoms with van der Waals surface area (Å²) in [6, 6.07) is -0.987. The SMILES string of the molecule is CCCCCCCCCCCCC/C=C\CCCCCCCCC(O)C(=O)NC(CO)C(O)C(O)CCCCCCCCCCCCCCCCCCCCCCCCCCCCCCC. The molecule has 0 heterocycles. The highest BCUT2D eigenvalue weighted by Crippen LogP contribution is 2.19. The van der Waals surface area contributed by atoms with Crippen LogP contribution in [0.25, 0.3) is 0 Å². The monoisotopic (exact) mass is 934 g/mol. The summed E-state index contributed by atoms with van der Waals surface area (Å²) in [6.45, 7) is 4.10. The van der Waals surface area contributed by atoms with Crippen LogP contribution in [0.4, 0.5) is 0 Å². The molecule has 6 nitrogen and oxygen atoms in total. The van der Waals surface area contributed by atoms with E-state index in [9.17, 15) is 25.2 Å². The lowest BCUT2D eigenvalue weighted by Gasteiger charge is -2.27. The van der Waals surface area contributed by atoms with Crippen LogP contribution in [0.15, 0.2) is 12.2 Å². The minimum absolute atomic E-state index is 0.365. The van der Waals surface area contributed by atoms with Crippen LogP contribution in [0.5, 0.6) is 0 Å². The van der Waals surface area contributed by atoms with Gasteiger partial charge in [0.15, 0.2) is 0 Å². The molecule has 6 heteroatoms. The Balaban J connectivity index is 3.57. The average molecular weight is 935 g/mol. The lowest BCUT2D eigenvalue weighted by atomic mass is 9.99. The molecular weight excluding hydrogens is 815 g/mol. The van der Waals surface area contributed by atoms with Gasteiger partial charge in [-0.3, -0.25) is 4.79 Å². The molecule has 0 radical (unpaired) electrons. The van der Waals surface area contributed by atoms with Gasteiger partial charge in [-0.25, -0.2) is 0 Å². The molecule has 4 atom stereocenters. The molecule has 0 aliphatic heterocycles. The highest BCUT2D eigenvalue weighted by atomic mass is 16.3. The van der Waals surface area contributed by atoms with Crippen LogP contribution >= 0.6 is 0 Å². The van der Waals surface area contributed by atoms with Crippen molar-refractivity contribution in [3.8, 4) is 0 Å². The van der Waals surface area contributed by atoms with Gasteiger partial charge in [0.25, 0.3) is 0 Å². The number of aliphatic hydroxyl groups excluding tert-OH is 4. The van der Waals surface area contributed by atoms with E-state index in [0.29, 0.717) is 12.8 Å². The van der Waals surface area contributed by atoms with Gasteiger partial charge in [-0.1, -0.05) is 309 Å². The Morgan fingerprint density at radius 2 is 0.606 bits per heavy atom. The van der Waals surface area contributed by atoms with Crippen LogP contribution in [0.2, 0.25) is 0 Å². The molecule has 0 fully saturated rings. The summed E-state index contributed by atoms with van der Waals surface area (Å²) in [4.78, 5) is 12.6. The summed E-state index contributed by atoms with van der Waals surface area (Å²) >= 11 is 0. The molecule has 0 aliphatic rings. The van der Waals surface area contributed by atoms with Crippen LogP contribution < -0.4 is 5.32 Å². The number of allylic oxidation sites excluding steroid dienone is 2. The number of aliphatic hydroxyl groups is 4. The maximum absolute atomic E-state index is 12.6. The Morgan fingerprint density at radius 1 is 0.364 bits per heavy atom. The molecule has 0 bridgehead atoms. The fourth-order valence-electron chi connectivity index (χ4n) is 9.76. The van der Waals surface area contributed by atoms with Gasteiger partial charge in [-0.05, 0) is 38.5 Å². The average Bonchev–Trinajstić information content (AvgIpc) is 3.32. The number of carbonyl (C=O) groups is 1. The molecule has 0 rings (SSSR count). The molecule has 0 aromatic carbocycles. The third-order valence-electron chi connectivity index (χ3n) is 14.5. The Hall–Kier alpha value is -0.950. The molecule has 66 heavy (non-hydrogen) atoms. The van der Waals surface area contributed by atoms with E-state index < -0.39 is 36.9 Å². The van der Waals surface area contributed by atoms with Crippen LogP contribution in [0.3, 0.4) is 0 Å². The fourth-order valence-corrected chi connectivity index (χ4v) is 9.76. The maximum atomic E-state index is 12.6. The molecule has 1 amide bonds. The van der Waals surface area contributed by atoms with Gasteiger partial charge in [0, 0.05) is 0 Å². The van der Waals surface area contributed by atoms with Crippen LogP contribution in [-0.4, -0.2) is 57.3 Å². The predicted octanol–water partition coefficient (Wildman–Crippen LogP) is 17.6. The lowest BCUT2D eigenvalue weighted by molar-refractivity contribution is -0.132. The lowest BCUT2D eigenvalue weighted by Crippen LogP contribution is -2.53. The standard InChI is InChI=1S/C60H119NO5/c1-3-5-7-9-11-13-15-17-19-21-23-25-26-27-28-29-30-31-32-34-35-37-39-41-43-45-47-49-51-53-57(63)59(65)56(55-62)61-60(66)58(64)54-52-50-48-46-44-42-40-38-36-33-24-22-20-18-16-14-12-10-8-6-4-2/h36,38,56-59,62-65H,3-35,37,39-55H2,1-2H3,(H,61,66)/b38-36-. The van der Waals surface area contributed by atoms with Gasteiger partial charge in [0.1, 0.15) is 12.2 Å². The van der Waals surface area contributed by atoms with Crippen molar-refractivity contribution < 1.29 is 25.2 Å². The Kier molecular flexibility index (Phi) is 54.2. The minimum atomic E-state index is -1.26. The zero-order chi connectivity index (χ0) is 48.1. The first-order valence-corrected chi connectivity index (χ1v) is 30.1. The minimum Gasteiger partial charge on any atom is -0.394 e. The quantitative estimate of drug-likeness (QED) is 0.0308. The molecule has 0 saturated carbocycles. The van der Waals surface area contributed by atoms with Gasteiger partial charge in [0.2, 0.25) is 5.91 Å². The van der Waals surface area contributed by atoms with Gasteiger partial charge >= 0.3 is 0 Å². The van der Waals surface area contributed by atoms with E-state index in [1.165, 1.54) is 263 Å². The molecule has 0 saturated heterocycles. The summed E-state index contributed by atoms with van der Waals surface area (Å²) in [7, 11) is 0. The van der Waals surface area contributed by atoms with Gasteiger partial charge in [-0.2, -0.15) is 0 Å². The molecule has 4 unspecified atom stereocenters. The predicted molar refractivity (Wildman–Crippen MR) is 288 cm³/mol. The van der Waals surface area contributed by atoms with E-state index in [1.54, 1.807) is 0 Å². The number of unbranched alkanes of at least 4 members (excludes halogenated alkanes) is 45. The number of hydrogen-bond donors (Lipinski definition) is 5. The largest absolute Gasteiger partial charge is 0.394 e. The highest BCUT2D eigenvalue weighted by Gasteiger charge is 2.28. The number of amides is 1. The van der Waals surface area contributed by atoms with Crippen molar-refractivity contribution in [2.75, 3.05) is 6.61 Å². The maximum Gasteiger partial charge on any atom is 0.249 e. The molecule has 394 valence electrons. The second kappa shape index (κ2) is 55.0. The molecule has 0 aliphatic carbocycles. The topological polar surface area (TPSA) is 110 Å². The van der Waals surface area contributed by atoms with E-state index in [4.69, 9.17) is 0 Å². The van der Waals surface area contributed by atoms with E-state index in [-0.39, 0.29) is 0 Å². The first kappa shape index (κ1) is 65.0. The van der Waals surface area contributed by atoms with Crippen molar-refractivity contribution in [1.82, 2.24) is 5.32 Å². The Labute approximate surface area is 412 Å². The normalized spacial score (nSPS) is 13.7. The first-order chi connectivity index (χ1) is 32.5. The molecule has 0 spiro atoms. The van der Waals surface area contributed by atoms with Crippen LogP contribution in [0.1, 0.15) is 335 Å². The third-order valence-corrected chi connectivity index (χ3v) is 14.5. The smallest absolute Gasteiger partial charge is 0.249 e. The summed E-state index contributed by atoms with van der Waals surface area (Å²) in [6.07, 6.45) is 65.8. The van der Waals surface area contributed by atoms with Crippen molar-refractivity contribution in [2.45, 2.75) is 359 Å². The van der Waals surface area contributed by atoms with Crippen molar-refractivity contribution in [3.05, 3.63) is 12.2 Å². The molecular formula is C60H119NO5. The number of nitrogens with one attached hydrogen (secondary N) is 1. The van der Waals surface area contributed by atoms with Crippen molar-refractivity contribution >= 4 is 5.91 Å². The Bertz CT molecular complexity index is 959. The van der Waals surface area contributed by atoms with E-state index in [2.05, 4.69) is 31.3 Å². The van der Waals surface area contributed by atoms with E-state index in [0.717, 1.165) is 44.9 Å². The van der Waals surface area contributed by atoms with Crippen LogP contribution in [-0.2, 0) is 4.79 Å². The number of hydrogen-bond acceptors (Lipinski definition) is 5. The molecule has 0 aromatic rings. The van der Waals surface area contributed by atoms with E-state index >= 15 is 0 Å². The summed E-state index contributed by atoms with van der Waals surface area (Å²) in [5.74, 6) is -0.582. The number of carbonyl (C=O) groups excluding carboxylic acids is 1. The van der Waals surface area contributed by atoms with Gasteiger partial charge < -0.3 is 25.7 Å². The highest BCUT2D eigenvalue weighted by molar-refractivity contribution is 5.80. The van der Waals surface area contributed by atoms with Crippen LogP contribution in [0, 0.1) is 0 Å². The molecule has 0 aromatic heterocycles. The summed E-state index contributed by atoms with van der Waals surface area (Å²) in [5, 5.41) is 44.1. The summed E-state index contributed by atoms with van der Waals surface area (Å²) in [5.41, 5.74) is 0. The molecule has 5 N–H and O–H groups in total. The first-order valence-electron chi connectivity index (χ1n) is 30.1. The van der Waals surface area contributed by atoms with Crippen molar-refractivity contribution in [3.63, 3.8) is 0 Å². The van der Waals surface area contributed by atoms with Crippen molar-refractivity contribution in [1.29, 1.82) is 0 Å².